The first-order valence-corrected chi connectivity index (χ1v) is 10.3. The van der Waals surface area contributed by atoms with Crippen LogP contribution in [0.1, 0.15) is 21.5 Å². The van der Waals surface area contributed by atoms with Crippen molar-refractivity contribution < 1.29 is 23.7 Å². The third-order valence-corrected chi connectivity index (χ3v) is 6.14. The van der Waals surface area contributed by atoms with Crippen LogP contribution in [-0.2, 0) is 13.0 Å². The van der Waals surface area contributed by atoms with Crippen LogP contribution in [0.3, 0.4) is 0 Å². The molecule has 0 fully saturated rings. The molecule has 1 amide bonds. The van der Waals surface area contributed by atoms with Gasteiger partial charge in [0.05, 0.1) is 0 Å². The number of carbonyl (C=O) groups excluding carboxylic acids is 1. The Morgan fingerprint density at radius 3 is 2.58 bits per heavy atom. The van der Waals surface area contributed by atoms with Crippen LogP contribution in [0.5, 0.6) is 23.0 Å². The largest absolute Gasteiger partial charge is 0.454 e. The first-order valence-electron chi connectivity index (χ1n) is 10.3. The lowest BCUT2D eigenvalue weighted by Crippen LogP contribution is -2.18. The van der Waals surface area contributed by atoms with E-state index in [2.05, 4.69) is 16.3 Å². The molecule has 0 aliphatic carbocycles. The Bertz CT molecular complexity index is 1250. The van der Waals surface area contributed by atoms with Crippen molar-refractivity contribution in [3.8, 4) is 34.1 Å². The highest BCUT2D eigenvalue weighted by Crippen LogP contribution is 2.49. The lowest BCUT2D eigenvalue weighted by molar-refractivity contribution is 0.0965. The molecule has 0 atom stereocenters. The number of rotatable bonds is 4. The molecule has 3 aliphatic rings. The van der Waals surface area contributed by atoms with Crippen molar-refractivity contribution in [3.05, 3.63) is 47.0 Å². The fourth-order valence-electron chi connectivity index (χ4n) is 4.74. The normalized spacial score (nSPS) is 15.6. The minimum atomic E-state index is -0.0229. The van der Waals surface area contributed by atoms with Crippen LogP contribution >= 0.6 is 0 Å². The molecule has 0 spiro atoms. The lowest BCUT2D eigenvalue weighted by Gasteiger charge is -2.20. The molecular formula is C24H22N2O5. The first-order chi connectivity index (χ1) is 15.1. The van der Waals surface area contributed by atoms with Gasteiger partial charge in [-0.1, -0.05) is 12.1 Å². The fourth-order valence-corrected chi connectivity index (χ4v) is 4.74. The third-order valence-electron chi connectivity index (χ3n) is 6.14. The summed E-state index contributed by atoms with van der Waals surface area (Å²) in [6.45, 7) is 1.73. The monoisotopic (exact) mass is 418 g/mol. The number of hydrogen-bond acceptors (Lipinski definition) is 6. The Morgan fingerprint density at radius 2 is 1.71 bits per heavy atom. The molecule has 31 heavy (non-hydrogen) atoms. The number of carbonyl (C=O) groups is 1. The Balaban J connectivity index is 1.69. The van der Waals surface area contributed by atoms with Crippen LogP contribution in [0, 0.1) is 0 Å². The maximum Gasteiger partial charge on any atom is 0.252 e. The number of nitrogens with one attached hydrogen (secondary N) is 1. The topological polar surface area (TPSA) is 69.3 Å². The molecule has 3 aromatic rings. The van der Waals surface area contributed by atoms with Gasteiger partial charge in [0.2, 0.25) is 13.6 Å². The first kappa shape index (κ1) is 18.3. The van der Waals surface area contributed by atoms with Crippen molar-refractivity contribution in [2.45, 2.75) is 13.0 Å². The quantitative estimate of drug-likeness (QED) is 0.701. The van der Waals surface area contributed by atoms with Gasteiger partial charge in [-0.05, 0) is 66.4 Å². The van der Waals surface area contributed by atoms with Crippen LogP contribution in [0.25, 0.3) is 21.9 Å². The van der Waals surface area contributed by atoms with Gasteiger partial charge in [-0.15, -0.1) is 0 Å². The van der Waals surface area contributed by atoms with Gasteiger partial charge in [0.25, 0.3) is 5.91 Å². The Kier molecular flexibility index (Phi) is 4.01. The van der Waals surface area contributed by atoms with Crippen LogP contribution in [0.4, 0.5) is 0 Å². The van der Waals surface area contributed by atoms with Gasteiger partial charge in [0.1, 0.15) is 0 Å². The molecule has 0 aromatic heterocycles. The van der Waals surface area contributed by atoms with Gasteiger partial charge in [0, 0.05) is 24.0 Å². The predicted molar refractivity (Wildman–Crippen MR) is 115 cm³/mol. The van der Waals surface area contributed by atoms with Crippen molar-refractivity contribution >= 4 is 16.7 Å². The highest BCUT2D eigenvalue weighted by atomic mass is 16.7. The van der Waals surface area contributed by atoms with Gasteiger partial charge in [-0.3, -0.25) is 4.79 Å². The van der Waals surface area contributed by atoms with E-state index in [9.17, 15) is 4.79 Å². The van der Waals surface area contributed by atoms with Gasteiger partial charge in [-0.2, -0.15) is 0 Å². The summed E-state index contributed by atoms with van der Waals surface area (Å²) >= 11 is 0. The number of amides is 1. The second kappa shape index (κ2) is 6.78. The Morgan fingerprint density at radius 1 is 0.935 bits per heavy atom. The number of hydrogen-bond donors (Lipinski definition) is 1. The summed E-state index contributed by atoms with van der Waals surface area (Å²) < 4.78 is 22.8. The van der Waals surface area contributed by atoms with Crippen molar-refractivity contribution in [1.29, 1.82) is 0 Å². The van der Waals surface area contributed by atoms with Gasteiger partial charge < -0.3 is 29.2 Å². The lowest BCUT2D eigenvalue weighted by atomic mass is 9.85. The van der Waals surface area contributed by atoms with Gasteiger partial charge >= 0.3 is 0 Å². The second-order valence-corrected chi connectivity index (χ2v) is 8.23. The maximum atomic E-state index is 13.0. The van der Waals surface area contributed by atoms with Gasteiger partial charge in [0.15, 0.2) is 23.0 Å². The molecule has 7 nitrogen and oxygen atoms in total. The summed E-state index contributed by atoms with van der Waals surface area (Å²) in [6, 6.07) is 9.90. The summed E-state index contributed by atoms with van der Waals surface area (Å²) in [4.78, 5) is 15.1. The molecule has 0 saturated heterocycles. The summed E-state index contributed by atoms with van der Waals surface area (Å²) in [6.07, 6.45) is 0.764. The van der Waals surface area contributed by atoms with Crippen molar-refractivity contribution in [2.75, 3.05) is 34.2 Å². The second-order valence-electron chi connectivity index (χ2n) is 8.23. The van der Waals surface area contributed by atoms with E-state index < -0.39 is 0 Å². The SMILES string of the molecule is CN(C)CCc1c2c(c(-c3ccc4c(c3)OCO4)c3c4c(ccc13)OCO4)CNC2=O. The van der Waals surface area contributed by atoms with E-state index in [1.807, 2.05) is 38.4 Å². The zero-order valence-electron chi connectivity index (χ0n) is 17.4. The van der Waals surface area contributed by atoms with Crippen LogP contribution in [0.2, 0.25) is 0 Å². The van der Waals surface area contributed by atoms with E-state index in [0.29, 0.717) is 12.3 Å². The Hall–Kier alpha value is -3.45. The highest BCUT2D eigenvalue weighted by Gasteiger charge is 2.32. The van der Waals surface area contributed by atoms with Crippen LogP contribution in [0.15, 0.2) is 30.3 Å². The molecule has 3 aromatic carbocycles. The fraction of sp³-hybridized carbons (Fsp3) is 0.292. The van der Waals surface area contributed by atoms with Gasteiger partial charge in [-0.25, -0.2) is 0 Å². The number of fused-ring (bicyclic) bond motifs is 5. The van der Waals surface area contributed by atoms with E-state index in [1.165, 1.54) is 0 Å². The summed E-state index contributed by atoms with van der Waals surface area (Å²) in [5, 5.41) is 5.04. The molecular weight excluding hydrogens is 396 g/mol. The zero-order chi connectivity index (χ0) is 21.1. The number of likely N-dealkylation sites (N-methyl/N-ethyl adjacent to an activating group) is 1. The summed E-state index contributed by atoms with van der Waals surface area (Å²) in [5.74, 6) is 2.87. The van der Waals surface area contributed by atoms with E-state index in [0.717, 1.165) is 68.8 Å². The number of benzene rings is 3. The summed E-state index contributed by atoms with van der Waals surface area (Å²) in [7, 11) is 4.08. The van der Waals surface area contributed by atoms with Crippen LogP contribution in [-0.4, -0.2) is 45.0 Å². The molecule has 158 valence electrons. The summed E-state index contributed by atoms with van der Waals surface area (Å²) in [5.41, 5.74) is 4.77. The van der Waals surface area contributed by atoms with E-state index in [1.54, 1.807) is 0 Å². The minimum Gasteiger partial charge on any atom is -0.454 e. The average Bonchev–Trinajstić information content (AvgIpc) is 3.50. The zero-order valence-corrected chi connectivity index (χ0v) is 17.4. The van der Waals surface area contributed by atoms with Crippen molar-refractivity contribution in [1.82, 2.24) is 10.2 Å². The average molecular weight is 418 g/mol. The van der Waals surface area contributed by atoms with E-state index in [-0.39, 0.29) is 19.5 Å². The maximum absolute atomic E-state index is 13.0. The molecule has 0 saturated carbocycles. The van der Waals surface area contributed by atoms with E-state index in [4.69, 9.17) is 18.9 Å². The number of nitrogens with zero attached hydrogens (tertiary/aromatic N) is 1. The molecule has 6 rings (SSSR count). The molecule has 3 heterocycles. The molecule has 0 unspecified atom stereocenters. The smallest absolute Gasteiger partial charge is 0.252 e. The third kappa shape index (κ3) is 2.73. The van der Waals surface area contributed by atoms with Crippen molar-refractivity contribution in [2.24, 2.45) is 0 Å². The Labute approximate surface area is 179 Å². The standard InChI is InChI=1S/C24H22N2O5/c1-26(2)8-7-15-14-4-6-18-23(31-12-29-18)22(14)20(16-10-25-24(27)21(15)16)13-3-5-17-19(9-13)30-11-28-17/h3-6,9H,7-8,10-12H2,1-2H3,(H,25,27). The molecule has 7 heteroatoms. The van der Waals surface area contributed by atoms with Crippen molar-refractivity contribution in [3.63, 3.8) is 0 Å². The predicted octanol–water partition coefficient (Wildman–Crippen LogP) is 3.31. The number of ether oxygens (including phenoxy) is 4. The molecule has 3 aliphatic heterocycles. The molecule has 0 bridgehead atoms. The molecule has 0 radical (unpaired) electrons. The van der Waals surface area contributed by atoms with Crippen LogP contribution < -0.4 is 24.3 Å². The highest BCUT2D eigenvalue weighted by molar-refractivity contribution is 6.14. The molecule has 1 N–H and O–H groups in total. The van der Waals surface area contributed by atoms with E-state index >= 15 is 0 Å². The minimum absolute atomic E-state index is 0.0229.